The molecular weight excluding hydrogens is 324 g/mol. The number of aromatic amines is 1. The zero-order valence-electron chi connectivity index (χ0n) is 11.7. The molecule has 1 aliphatic carbocycles. The zero-order chi connectivity index (χ0) is 15.5. The highest BCUT2D eigenvalue weighted by atomic mass is 35.5. The molecule has 116 valence electrons. The first kappa shape index (κ1) is 15.2. The summed E-state index contributed by atoms with van der Waals surface area (Å²) in [5, 5.41) is 10.5. The standard InChI is InChI=1S/C14H15ClN4O2S/c15-9-2-1-3-10(8-9)16-12(20)6-7-22-14-18-17-13(21)19(14)11-4-5-11/h1-3,8,11H,4-7H2,(H,16,20)(H,17,21). The van der Waals surface area contributed by atoms with Gasteiger partial charge in [0.1, 0.15) is 0 Å². The van der Waals surface area contributed by atoms with Gasteiger partial charge in [0, 0.05) is 28.9 Å². The van der Waals surface area contributed by atoms with Gasteiger partial charge < -0.3 is 5.32 Å². The Morgan fingerprint density at radius 1 is 1.50 bits per heavy atom. The van der Waals surface area contributed by atoms with Crippen LogP contribution in [0.4, 0.5) is 5.69 Å². The van der Waals surface area contributed by atoms with Gasteiger partial charge in [0.25, 0.3) is 0 Å². The summed E-state index contributed by atoms with van der Waals surface area (Å²) in [5.74, 6) is 0.467. The lowest BCUT2D eigenvalue weighted by atomic mass is 10.3. The van der Waals surface area contributed by atoms with E-state index in [-0.39, 0.29) is 17.6 Å². The maximum Gasteiger partial charge on any atom is 0.344 e. The van der Waals surface area contributed by atoms with Gasteiger partial charge in [-0.1, -0.05) is 29.4 Å². The van der Waals surface area contributed by atoms with E-state index in [0.29, 0.717) is 28.0 Å². The highest BCUT2D eigenvalue weighted by Crippen LogP contribution is 2.36. The predicted octanol–water partition coefficient (Wildman–Crippen LogP) is 2.68. The van der Waals surface area contributed by atoms with Crippen LogP contribution in [0.25, 0.3) is 0 Å². The lowest BCUT2D eigenvalue weighted by Gasteiger charge is -2.06. The number of halogens is 1. The molecule has 22 heavy (non-hydrogen) atoms. The summed E-state index contributed by atoms with van der Waals surface area (Å²) in [6.07, 6.45) is 2.37. The Kier molecular flexibility index (Phi) is 4.54. The molecule has 6 nitrogen and oxygen atoms in total. The number of nitrogens with one attached hydrogen (secondary N) is 2. The fourth-order valence-corrected chi connectivity index (χ4v) is 3.21. The van der Waals surface area contributed by atoms with Crippen LogP contribution in [0.15, 0.2) is 34.2 Å². The van der Waals surface area contributed by atoms with Crippen molar-refractivity contribution in [2.24, 2.45) is 0 Å². The third-order valence-corrected chi connectivity index (χ3v) is 4.44. The predicted molar refractivity (Wildman–Crippen MR) is 86.5 cm³/mol. The third kappa shape index (κ3) is 3.72. The van der Waals surface area contributed by atoms with E-state index in [4.69, 9.17) is 11.6 Å². The summed E-state index contributed by atoms with van der Waals surface area (Å²) < 4.78 is 1.68. The molecule has 0 radical (unpaired) electrons. The van der Waals surface area contributed by atoms with Crippen molar-refractivity contribution in [2.75, 3.05) is 11.1 Å². The molecular formula is C14H15ClN4O2S. The minimum atomic E-state index is -0.173. The van der Waals surface area contributed by atoms with Crippen LogP contribution in [0, 0.1) is 0 Å². The molecule has 2 aromatic rings. The maximum atomic E-state index is 11.9. The number of anilines is 1. The molecule has 0 aliphatic heterocycles. The van der Waals surface area contributed by atoms with E-state index in [9.17, 15) is 9.59 Å². The van der Waals surface area contributed by atoms with E-state index in [1.165, 1.54) is 11.8 Å². The van der Waals surface area contributed by atoms with Gasteiger partial charge in [-0.3, -0.25) is 9.36 Å². The van der Waals surface area contributed by atoms with Gasteiger partial charge in [-0.2, -0.15) is 0 Å². The van der Waals surface area contributed by atoms with E-state index >= 15 is 0 Å². The second kappa shape index (κ2) is 6.58. The van der Waals surface area contributed by atoms with E-state index < -0.39 is 0 Å². The number of rotatable bonds is 6. The number of hydrogen-bond donors (Lipinski definition) is 2. The second-order valence-electron chi connectivity index (χ2n) is 5.07. The molecule has 1 fully saturated rings. The average molecular weight is 339 g/mol. The molecule has 1 aromatic carbocycles. The van der Waals surface area contributed by atoms with Crippen LogP contribution in [0.2, 0.25) is 5.02 Å². The van der Waals surface area contributed by atoms with Crippen LogP contribution in [0.1, 0.15) is 25.3 Å². The molecule has 0 saturated heterocycles. The van der Waals surface area contributed by atoms with Crippen LogP contribution in [0.5, 0.6) is 0 Å². The van der Waals surface area contributed by atoms with Crippen LogP contribution in [-0.4, -0.2) is 26.4 Å². The first-order valence-corrected chi connectivity index (χ1v) is 8.35. The van der Waals surface area contributed by atoms with Crippen LogP contribution in [-0.2, 0) is 4.79 Å². The van der Waals surface area contributed by atoms with Crippen molar-refractivity contribution < 1.29 is 4.79 Å². The zero-order valence-corrected chi connectivity index (χ0v) is 13.3. The number of nitrogens with zero attached hydrogens (tertiary/aromatic N) is 2. The van der Waals surface area contributed by atoms with Gasteiger partial charge in [-0.25, -0.2) is 9.89 Å². The molecule has 0 spiro atoms. The summed E-state index contributed by atoms with van der Waals surface area (Å²) in [6, 6.07) is 7.29. The van der Waals surface area contributed by atoms with Gasteiger partial charge in [0.15, 0.2) is 5.16 Å². The monoisotopic (exact) mass is 338 g/mol. The van der Waals surface area contributed by atoms with Gasteiger partial charge in [-0.15, -0.1) is 5.10 Å². The second-order valence-corrected chi connectivity index (χ2v) is 6.57. The fraction of sp³-hybridized carbons (Fsp3) is 0.357. The number of carbonyl (C=O) groups excluding carboxylic acids is 1. The molecule has 8 heteroatoms. The van der Waals surface area contributed by atoms with Crippen molar-refractivity contribution >= 4 is 35.0 Å². The number of thioether (sulfide) groups is 1. The summed E-state index contributed by atoms with van der Waals surface area (Å²) in [4.78, 5) is 23.5. The topological polar surface area (TPSA) is 79.8 Å². The molecule has 1 amide bonds. The molecule has 0 bridgehead atoms. The van der Waals surface area contributed by atoms with Crippen molar-refractivity contribution in [3.8, 4) is 0 Å². The largest absolute Gasteiger partial charge is 0.344 e. The van der Waals surface area contributed by atoms with Gasteiger partial charge in [-0.05, 0) is 31.0 Å². The van der Waals surface area contributed by atoms with Gasteiger partial charge >= 0.3 is 5.69 Å². The minimum Gasteiger partial charge on any atom is -0.326 e. The maximum absolute atomic E-state index is 11.9. The number of benzene rings is 1. The quantitative estimate of drug-likeness (QED) is 0.794. The van der Waals surface area contributed by atoms with E-state index in [0.717, 1.165) is 12.8 Å². The summed E-state index contributed by atoms with van der Waals surface area (Å²) >= 11 is 7.28. The van der Waals surface area contributed by atoms with Gasteiger partial charge in [0.05, 0.1) is 0 Å². The Labute approximate surface area is 136 Å². The summed E-state index contributed by atoms with van der Waals surface area (Å²) in [7, 11) is 0. The first-order chi connectivity index (χ1) is 10.6. The molecule has 0 atom stereocenters. The van der Waals surface area contributed by atoms with E-state index in [1.54, 1.807) is 28.8 Å². The molecule has 0 unspecified atom stereocenters. The first-order valence-electron chi connectivity index (χ1n) is 6.98. The smallest absolute Gasteiger partial charge is 0.326 e. The third-order valence-electron chi connectivity index (χ3n) is 3.25. The van der Waals surface area contributed by atoms with Crippen molar-refractivity contribution in [1.29, 1.82) is 0 Å². The molecule has 1 saturated carbocycles. The van der Waals surface area contributed by atoms with Crippen LogP contribution < -0.4 is 11.0 Å². The minimum absolute atomic E-state index is 0.0920. The summed E-state index contributed by atoms with van der Waals surface area (Å²) in [5.41, 5.74) is 0.505. The number of H-pyrrole nitrogens is 1. The Hall–Kier alpha value is -1.73. The van der Waals surface area contributed by atoms with E-state index in [1.807, 2.05) is 0 Å². The number of hydrogen-bond acceptors (Lipinski definition) is 4. The highest BCUT2D eigenvalue weighted by Gasteiger charge is 2.28. The normalized spacial score (nSPS) is 14.0. The lowest BCUT2D eigenvalue weighted by molar-refractivity contribution is -0.115. The lowest BCUT2D eigenvalue weighted by Crippen LogP contribution is -2.16. The number of aromatic nitrogens is 3. The molecule has 1 heterocycles. The molecule has 1 aromatic heterocycles. The van der Waals surface area contributed by atoms with Crippen molar-refractivity contribution in [2.45, 2.75) is 30.5 Å². The van der Waals surface area contributed by atoms with Crippen LogP contribution in [0.3, 0.4) is 0 Å². The Morgan fingerprint density at radius 2 is 2.32 bits per heavy atom. The van der Waals surface area contributed by atoms with Crippen molar-refractivity contribution in [3.63, 3.8) is 0 Å². The molecule has 1 aliphatic rings. The molecule has 3 rings (SSSR count). The fourth-order valence-electron chi connectivity index (χ4n) is 2.07. The Bertz CT molecular complexity index is 738. The van der Waals surface area contributed by atoms with Crippen molar-refractivity contribution in [3.05, 3.63) is 39.8 Å². The van der Waals surface area contributed by atoms with E-state index in [2.05, 4.69) is 15.5 Å². The Morgan fingerprint density at radius 3 is 3.05 bits per heavy atom. The van der Waals surface area contributed by atoms with Crippen molar-refractivity contribution in [1.82, 2.24) is 14.8 Å². The van der Waals surface area contributed by atoms with Gasteiger partial charge in [0.2, 0.25) is 5.91 Å². The number of amides is 1. The van der Waals surface area contributed by atoms with Crippen LogP contribution >= 0.6 is 23.4 Å². The summed E-state index contributed by atoms with van der Waals surface area (Å²) in [6.45, 7) is 0. The highest BCUT2D eigenvalue weighted by molar-refractivity contribution is 7.99. The number of carbonyl (C=O) groups is 1. The average Bonchev–Trinajstić information content (AvgIpc) is 3.23. The molecule has 2 N–H and O–H groups in total. The Balaban J connectivity index is 1.51. The SMILES string of the molecule is O=C(CCSc1n[nH]c(=O)n1C1CC1)Nc1cccc(Cl)c1.